The van der Waals surface area contributed by atoms with Crippen molar-refractivity contribution in [2.24, 2.45) is 4.99 Å². The molecule has 5 nitrogen and oxygen atoms in total. The van der Waals surface area contributed by atoms with Crippen LogP contribution in [0.3, 0.4) is 0 Å². The number of nitrogens with zero attached hydrogens (tertiary/aromatic N) is 2. The van der Waals surface area contributed by atoms with E-state index in [1.165, 1.54) is 16.7 Å². The van der Waals surface area contributed by atoms with E-state index in [9.17, 15) is 4.79 Å². The van der Waals surface area contributed by atoms with E-state index in [1.54, 1.807) is 7.05 Å². The third-order valence-corrected chi connectivity index (χ3v) is 5.06. The number of benzene rings is 2. The van der Waals surface area contributed by atoms with E-state index in [0.29, 0.717) is 18.4 Å². The molecular weight excluding hydrogens is 336 g/mol. The molecule has 0 spiro atoms. The van der Waals surface area contributed by atoms with Gasteiger partial charge in [0.2, 0.25) is 5.91 Å². The number of carbonyl (C=O) groups excluding carboxylic acids is 1. The highest BCUT2D eigenvalue weighted by Gasteiger charge is 2.20. The molecule has 2 aromatic carbocycles. The number of hydrogen-bond acceptors (Lipinski definition) is 2. The van der Waals surface area contributed by atoms with Gasteiger partial charge in [-0.1, -0.05) is 61.5 Å². The normalized spacial score (nSPS) is 15.0. The van der Waals surface area contributed by atoms with Crippen molar-refractivity contribution in [1.82, 2.24) is 15.5 Å². The van der Waals surface area contributed by atoms with Crippen LogP contribution in [0, 0.1) is 0 Å². The standard InChI is InChI=1S/C22H28N4O/c1-17(18-8-4-3-5-9-18)14-24-22(23-2)25-15-21(27)26-13-12-19-10-6-7-11-20(19)16-26/h3-11,17H,12-16H2,1-2H3,(H2,23,24,25). The summed E-state index contributed by atoms with van der Waals surface area (Å²) < 4.78 is 0. The molecular formula is C22H28N4O. The third-order valence-electron chi connectivity index (χ3n) is 5.06. The van der Waals surface area contributed by atoms with Crippen molar-refractivity contribution in [3.63, 3.8) is 0 Å². The zero-order chi connectivity index (χ0) is 19.1. The number of amides is 1. The van der Waals surface area contributed by atoms with Gasteiger partial charge in [0.15, 0.2) is 5.96 Å². The van der Waals surface area contributed by atoms with Gasteiger partial charge in [-0.15, -0.1) is 0 Å². The number of nitrogens with one attached hydrogen (secondary N) is 2. The van der Waals surface area contributed by atoms with Crippen molar-refractivity contribution in [1.29, 1.82) is 0 Å². The van der Waals surface area contributed by atoms with Crippen LogP contribution >= 0.6 is 0 Å². The molecule has 2 aromatic rings. The summed E-state index contributed by atoms with van der Waals surface area (Å²) in [7, 11) is 1.73. The highest BCUT2D eigenvalue weighted by Crippen LogP contribution is 2.18. The Labute approximate surface area is 161 Å². The Balaban J connectivity index is 1.46. The van der Waals surface area contributed by atoms with Gasteiger partial charge in [-0.2, -0.15) is 0 Å². The summed E-state index contributed by atoms with van der Waals surface area (Å²) in [6, 6.07) is 18.7. The average molecular weight is 364 g/mol. The van der Waals surface area contributed by atoms with Crippen LogP contribution in [0.25, 0.3) is 0 Å². The van der Waals surface area contributed by atoms with E-state index in [2.05, 4.69) is 52.9 Å². The van der Waals surface area contributed by atoms with Crippen LogP contribution in [0.4, 0.5) is 0 Å². The van der Waals surface area contributed by atoms with E-state index < -0.39 is 0 Å². The SMILES string of the molecule is CN=C(NCC(=O)N1CCc2ccccc2C1)NCC(C)c1ccccc1. The molecule has 5 heteroatoms. The second-order valence-electron chi connectivity index (χ2n) is 6.95. The molecule has 1 amide bonds. The lowest BCUT2D eigenvalue weighted by Crippen LogP contribution is -2.46. The number of carbonyl (C=O) groups is 1. The number of hydrogen-bond donors (Lipinski definition) is 2. The number of rotatable bonds is 5. The maximum absolute atomic E-state index is 12.6. The van der Waals surface area contributed by atoms with Gasteiger partial charge in [-0.05, 0) is 29.0 Å². The minimum Gasteiger partial charge on any atom is -0.356 e. The summed E-state index contributed by atoms with van der Waals surface area (Å²) in [5.74, 6) is 1.12. The number of aliphatic imine (C=N–C) groups is 1. The van der Waals surface area contributed by atoms with Crippen molar-refractivity contribution in [3.8, 4) is 0 Å². The van der Waals surface area contributed by atoms with Gasteiger partial charge in [-0.3, -0.25) is 9.79 Å². The van der Waals surface area contributed by atoms with Crippen LogP contribution in [-0.2, 0) is 17.8 Å². The van der Waals surface area contributed by atoms with Crippen molar-refractivity contribution in [2.75, 3.05) is 26.7 Å². The molecule has 2 N–H and O–H groups in total. The fourth-order valence-corrected chi connectivity index (χ4v) is 3.35. The van der Waals surface area contributed by atoms with E-state index in [-0.39, 0.29) is 12.5 Å². The van der Waals surface area contributed by atoms with E-state index >= 15 is 0 Å². The Morgan fingerprint density at radius 1 is 1.07 bits per heavy atom. The molecule has 0 aromatic heterocycles. The average Bonchev–Trinajstić information content (AvgIpc) is 2.73. The third kappa shape index (κ3) is 5.09. The molecule has 3 rings (SSSR count). The van der Waals surface area contributed by atoms with Crippen molar-refractivity contribution in [2.45, 2.75) is 25.8 Å². The summed E-state index contributed by atoms with van der Waals surface area (Å²) >= 11 is 0. The van der Waals surface area contributed by atoms with Crippen LogP contribution in [0.15, 0.2) is 59.6 Å². The lowest BCUT2D eigenvalue weighted by atomic mass is 10.00. The number of fused-ring (bicyclic) bond motifs is 1. The Morgan fingerprint density at radius 2 is 1.78 bits per heavy atom. The molecule has 1 aliphatic rings. The fourth-order valence-electron chi connectivity index (χ4n) is 3.35. The zero-order valence-electron chi connectivity index (χ0n) is 16.1. The first-order valence-electron chi connectivity index (χ1n) is 9.51. The van der Waals surface area contributed by atoms with Gasteiger partial charge in [-0.25, -0.2) is 0 Å². The molecule has 1 unspecified atom stereocenters. The first-order chi connectivity index (χ1) is 13.2. The van der Waals surface area contributed by atoms with E-state index in [0.717, 1.165) is 19.5 Å². The van der Waals surface area contributed by atoms with Gasteiger partial charge in [0.25, 0.3) is 0 Å². The molecule has 0 bridgehead atoms. The maximum atomic E-state index is 12.6. The molecule has 1 aliphatic heterocycles. The van der Waals surface area contributed by atoms with Crippen molar-refractivity contribution in [3.05, 3.63) is 71.3 Å². The predicted octanol–water partition coefficient (Wildman–Crippen LogP) is 2.54. The molecule has 0 saturated carbocycles. The van der Waals surface area contributed by atoms with Gasteiger partial charge >= 0.3 is 0 Å². The highest BCUT2D eigenvalue weighted by molar-refractivity contribution is 5.86. The summed E-state index contributed by atoms with van der Waals surface area (Å²) in [4.78, 5) is 18.7. The van der Waals surface area contributed by atoms with Crippen molar-refractivity contribution < 1.29 is 4.79 Å². The lowest BCUT2D eigenvalue weighted by molar-refractivity contribution is -0.130. The van der Waals surface area contributed by atoms with E-state index in [4.69, 9.17) is 0 Å². The summed E-state index contributed by atoms with van der Waals surface area (Å²) in [5.41, 5.74) is 3.88. The van der Waals surface area contributed by atoms with Gasteiger partial charge in [0.05, 0.1) is 6.54 Å². The molecule has 1 atom stereocenters. The molecule has 142 valence electrons. The van der Waals surface area contributed by atoms with Gasteiger partial charge < -0.3 is 15.5 Å². The summed E-state index contributed by atoms with van der Waals surface area (Å²) in [6.45, 7) is 4.64. The largest absolute Gasteiger partial charge is 0.356 e. The summed E-state index contributed by atoms with van der Waals surface area (Å²) in [6.07, 6.45) is 0.920. The van der Waals surface area contributed by atoms with Crippen molar-refractivity contribution >= 4 is 11.9 Å². The number of guanidine groups is 1. The zero-order valence-corrected chi connectivity index (χ0v) is 16.1. The second kappa shape index (κ2) is 9.21. The Morgan fingerprint density at radius 3 is 2.52 bits per heavy atom. The van der Waals surface area contributed by atoms with Gasteiger partial charge in [0.1, 0.15) is 0 Å². The molecule has 0 saturated heterocycles. The molecule has 0 radical (unpaired) electrons. The molecule has 0 aliphatic carbocycles. The monoisotopic (exact) mass is 364 g/mol. The fraction of sp³-hybridized carbons (Fsp3) is 0.364. The van der Waals surface area contributed by atoms with Crippen LogP contribution < -0.4 is 10.6 Å². The summed E-state index contributed by atoms with van der Waals surface area (Å²) in [5, 5.41) is 6.45. The molecule has 0 fully saturated rings. The van der Waals surface area contributed by atoms with Crippen LogP contribution in [0.1, 0.15) is 29.5 Å². The minimum absolute atomic E-state index is 0.101. The quantitative estimate of drug-likeness (QED) is 0.633. The van der Waals surface area contributed by atoms with Crippen LogP contribution in [-0.4, -0.2) is 43.4 Å². The lowest BCUT2D eigenvalue weighted by Gasteiger charge is -2.29. The Hall–Kier alpha value is -2.82. The topological polar surface area (TPSA) is 56.7 Å². The van der Waals surface area contributed by atoms with Crippen LogP contribution in [0.2, 0.25) is 0 Å². The Bertz CT molecular complexity index is 788. The molecule has 1 heterocycles. The second-order valence-corrected chi connectivity index (χ2v) is 6.95. The minimum atomic E-state index is 0.101. The first-order valence-corrected chi connectivity index (χ1v) is 9.51. The van der Waals surface area contributed by atoms with E-state index in [1.807, 2.05) is 29.2 Å². The maximum Gasteiger partial charge on any atom is 0.242 e. The highest BCUT2D eigenvalue weighted by atomic mass is 16.2. The van der Waals surface area contributed by atoms with Crippen LogP contribution in [0.5, 0.6) is 0 Å². The first kappa shape index (κ1) is 19.0. The predicted molar refractivity (Wildman–Crippen MR) is 110 cm³/mol. The Kier molecular flexibility index (Phi) is 6.47. The van der Waals surface area contributed by atoms with Gasteiger partial charge in [0, 0.05) is 26.7 Å². The smallest absolute Gasteiger partial charge is 0.242 e. The molecule has 27 heavy (non-hydrogen) atoms.